The van der Waals surface area contributed by atoms with Gasteiger partial charge in [-0.2, -0.15) is 0 Å². The molecule has 8 nitrogen and oxygen atoms in total. The Bertz CT molecular complexity index is 285. The quantitative estimate of drug-likeness (QED) is 0.475. The molecule has 0 aliphatic rings. The Hall–Kier alpha value is 0.246. The van der Waals surface area contributed by atoms with Gasteiger partial charge in [0.15, 0.2) is 0 Å². The van der Waals surface area contributed by atoms with E-state index >= 15 is 0 Å². The Morgan fingerprint density at radius 3 is 1.07 bits per heavy atom. The fourth-order valence-corrected chi connectivity index (χ4v) is 0.866. The van der Waals surface area contributed by atoms with Gasteiger partial charge in [0.05, 0.1) is 13.2 Å². The second-order valence-corrected chi connectivity index (χ2v) is 3.73. The molecule has 0 aromatic heterocycles. The molecule has 0 saturated carbocycles. The summed E-state index contributed by atoms with van der Waals surface area (Å²) in [5, 5.41) is 0. The SMILES string of the molecule is CCOS(=O)(=O)[O-].CCOS(=O)(=O)[O-].[Co+2]. The smallest absolute Gasteiger partial charge is 0.726 e. The first-order valence-electron chi connectivity index (χ1n) is 3.32. The molecule has 0 heterocycles. The van der Waals surface area contributed by atoms with Crippen molar-refractivity contribution < 1.29 is 51.1 Å². The first-order chi connectivity index (χ1) is 6.12. The molecule has 95 valence electrons. The fourth-order valence-electron chi connectivity index (χ4n) is 0.289. The predicted molar refractivity (Wildman–Crippen MR) is 42.6 cm³/mol. The van der Waals surface area contributed by atoms with E-state index in [4.69, 9.17) is 0 Å². The van der Waals surface area contributed by atoms with Gasteiger partial charge in [0, 0.05) is 0 Å². The van der Waals surface area contributed by atoms with Crippen LogP contribution in [0.15, 0.2) is 0 Å². The molecule has 0 rings (SSSR count). The summed E-state index contributed by atoms with van der Waals surface area (Å²) in [6.45, 7) is 2.67. The second kappa shape index (κ2) is 9.47. The Morgan fingerprint density at radius 2 is 1.07 bits per heavy atom. The van der Waals surface area contributed by atoms with E-state index < -0.39 is 20.8 Å². The van der Waals surface area contributed by atoms with Crippen molar-refractivity contribution in [2.75, 3.05) is 13.2 Å². The summed E-state index contributed by atoms with van der Waals surface area (Å²) in [7, 11) is -8.85. The molecule has 0 spiro atoms. The molecule has 0 amide bonds. The third-order valence-electron chi connectivity index (χ3n) is 0.524. The normalized spacial score (nSPS) is 10.9. The van der Waals surface area contributed by atoms with Crippen molar-refractivity contribution >= 4 is 20.8 Å². The predicted octanol–water partition coefficient (Wildman–Crippen LogP) is -1.04. The summed E-state index contributed by atoms with van der Waals surface area (Å²) >= 11 is 0. The van der Waals surface area contributed by atoms with Gasteiger partial charge in [-0.05, 0) is 13.8 Å². The molecule has 0 fully saturated rings. The van der Waals surface area contributed by atoms with Crippen LogP contribution in [0.2, 0.25) is 0 Å². The topological polar surface area (TPSA) is 133 Å². The molecular weight excluding hydrogens is 299 g/mol. The molecule has 0 aliphatic heterocycles. The Balaban J connectivity index is -0.000000180. The first-order valence-corrected chi connectivity index (χ1v) is 5.99. The maximum atomic E-state index is 9.45. The standard InChI is InChI=1S/2C2H6O4S.Co/c2*1-2-6-7(3,4)5;/h2*2H2,1H3,(H,3,4,5);/q;;+2/p-2. The van der Waals surface area contributed by atoms with Crippen LogP contribution in [0.5, 0.6) is 0 Å². The summed E-state index contributed by atoms with van der Waals surface area (Å²) in [5.41, 5.74) is 0. The zero-order valence-electron chi connectivity index (χ0n) is 7.83. The van der Waals surface area contributed by atoms with Crippen LogP contribution in [0.25, 0.3) is 0 Å². The number of hydrogen-bond acceptors (Lipinski definition) is 8. The summed E-state index contributed by atoms with van der Waals surface area (Å²) in [4.78, 5) is 0. The van der Waals surface area contributed by atoms with Gasteiger partial charge in [0.2, 0.25) is 20.8 Å². The summed E-state index contributed by atoms with van der Waals surface area (Å²) in [5.74, 6) is 0. The van der Waals surface area contributed by atoms with Crippen LogP contribution in [0.4, 0.5) is 0 Å². The average Bonchev–Trinajstić information content (AvgIpc) is 1.81. The van der Waals surface area contributed by atoms with E-state index in [2.05, 4.69) is 8.37 Å². The van der Waals surface area contributed by atoms with Crippen LogP contribution in [0, 0.1) is 0 Å². The minimum Gasteiger partial charge on any atom is -0.726 e. The van der Waals surface area contributed by atoms with Crippen molar-refractivity contribution in [1.29, 1.82) is 0 Å². The maximum absolute atomic E-state index is 9.45. The van der Waals surface area contributed by atoms with E-state index in [1.54, 1.807) is 0 Å². The van der Waals surface area contributed by atoms with Crippen molar-refractivity contribution in [3.8, 4) is 0 Å². The van der Waals surface area contributed by atoms with E-state index in [9.17, 15) is 25.9 Å². The molecule has 11 heteroatoms. The molecule has 15 heavy (non-hydrogen) atoms. The van der Waals surface area contributed by atoms with Crippen LogP contribution >= 0.6 is 0 Å². The maximum Gasteiger partial charge on any atom is 2.00 e. The molecule has 0 saturated heterocycles. The average molecular weight is 309 g/mol. The Kier molecular flexibility index (Phi) is 13.0. The van der Waals surface area contributed by atoms with Gasteiger partial charge in [-0.25, -0.2) is 16.8 Å². The summed E-state index contributed by atoms with van der Waals surface area (Å²) < 4.78 is 64.0. The zero-order valence-corrected chi connectivity index (χ0v) is 10.5. The van der Waals surface area contributed by atoms with E-state index in [1.165, 1.54) is 13.8 Å². The summed E-state index contributed by atoms with van der Waals surface area (Å²) in [6, 6.07) is 0. The number of rotatable bonds is 4. The minimum atomic E-state index is -4.42. The van der Waals surface area contributed by atoms with Crippen molar-refractivity contribution in [3.05, 3.63) is 0 Å². The third kappa shape index (κ3) is 31.4. The fraction of sp³-hybridized carbons (Fsp3) is 1.00. The van der Waals surface area contributed by atoms with Gasteiger partial charge < -0.3 is 9.11 Å². The Morgan fingerprint density at radius 1 is 0.867 bits per heavy atom. The minimum absolute atomic E-state index is 0. The molecule has 0 atom stereocenters. The third-order valence-corrected chi connectivity index (χ3v) is 1.57. The van der Waals surface area contributed by atoms with Crippen LogP contribution in [0.3, 0.4) is 0 Å². The molecule has 0 aromatic carbocycles. The molecule has 1 radical (unpaired) electrons. The van der Waals surface area contributed by atoms with E-state index in [1.807, 2.05) is 0 Å². The molecular formula is C4H10CoO8S2. The molecule has 0 N–H and O–H groups in total. The van der Waals surface area contributed by atoms with Crippen molar-refractivity contribution in [1.82, 2.24) is 0 Å². The van der Waals surface area contributed by atoms with Crippen LogP contribution in [-0.4, -0.2) is 39.2 Å². The monoisotopic (exact) mass is 309 g/mol. The van der Waals surface area contributed by atoms with Crippen molar-refractivity contribution in [2.45, 2.75) is 13.8 Å². The second-order valence-electron chi connectivity index (χ2n) is 1.63. The largest absolute Gasteiger partial charge is 2.00 e. The zero-order chi connectivity index (χ0) is 11.8. The molecule has 0 aliphatic carbocycles. The van der Waals surface area contributed by atoms with Gasteiger partial charge in [0.1, 0.15) is 0 Å². The van der Waals surface area contributed by atoms with E-state index in [-0.39, 0.29) is 30.0 Å². The van der Waals surface area contributed by atoms with Gasteiger partial charge in [0.25, 0.3) is 0 Å². The molecule has 0 bridgehead atoms. The van der Waals surface area contributed by atoms with Gasteiger partial charge >= 0.3 is 16.8 Å². The molecule has 0 unspecified atom stereocenters. The first kappa shape index (κ1) is 20.6. The molecule has 0 aromatic rings. The van der Waals surface area contributed by atoms with Crippen LogP contribution < -0.4 is 0 Å². The van der Waals surface area contributed by atoms with Crippen LogP contribution in [0.1, 0.15) is 13.8 Å². The van der Waals surface area contributed by atoms with Crippen molar-refractivity contribution in [3.63, 3.8) is 0 Å². The van der Waals surface area contributed by atoms with Crippen molar-refractivity contribution in [2.24, 2.45) is 0 Å². The van der Waals surface area contributed by atoms with E-state index in [0.717, 1.165) is 0 Å². The van der Waals surface area contributed by atoms with E-state index in [0.29, 0.717) is 0 Å². The summed E-state index contributed by atoms with van der Waals surface area (Å²) in [6.07, 6.45) is 0. The van der Waals surface area contributed by atoms with Gasteiger partial charge in [-0.15, -0.1) is 0 Å². The van der Waals surface area contributed by atoms with Crippen LogP contribution in [-0.2, 0) is 45.9 Å². The van der Waals surface area contributed by atoms with Gasteiger partial charge in [-0.1, -0.05) is 0 Å². The Labute approximate surface area is 99.1 Å². The van der Waals surface area contributed by atoms with Gasteiger partial charge in [-0.3, -0.25) is 8.37 Å². The number of hydrogen-bond donors (Lipinski definition) is 0.